The number of nitrogens with two attached hydrogens (primary N) is 1. The maximum atomic E-state index is 6.11. The van der Waals surface area contributed by atoms with E-state index in [0.29, 0.717) is 12.0 Å². The van der Waals surface area contributed by atoms with E-state index in [2.05, 4.69) is 29.8 Å². The fourth-order valence-electron chi connectivity index (χ4n) is 3.27. The molecule has 2 aliphatic rings. The van der Waals surface area contributed by atoms with E-state index in [1.165, 1.54) is 45.2 Å². The van der Waals surface area contributed by atoms with Crippen LogP contribution in [0.5, 0.6) is 0 Å². The van der Waals surface area contributed by atoms with Crippen LogP contribution in [0.2, 0.25) is 0 Å². The van der Waals surface area contributed by atoms with Crippen molar-refractivity contribution >= 4 is 11.8 Å². The van der Waals surface area contributed by atoms with E-state index in [4.69, 9.17) is 5.73 Å². The summed E-state index contributed by atoms with van der Waals surface area (Å²) in [6, 6.07) is 1.27. The zero-order chi connectivity index (χ0) is 11.5. The number of hydrogen-bond donors (Lipinski definition) is 1. The average Bonchev–Trinajstić information content (AvgIpc) is 2.32. The van der Waals surface area contributed by atoms with Crippen molar-refractivity contribution in [1.82, 2.24) is 4.90 Å². The fraction of sp³-hybridized carbons (Fsp3) is 1.00. The highest BCUT2D eigenvalue weighted by Crippen LogP contribution is 2.32. The molecule has 2 fully saturated rings. The lowest BCUT2D eigenvalue weighted by molar-refractivity contribution is 0.0969. The molecule has 0 aromatic heterocycles. The smallest absolute Gasteiger partial charge is 0.0214 e. The number of likely N-dealkylation sites (tertiary alicyclic amines) is 1. The van der Waals surface area contributed by atoms with Crippen LogP contribution >= 0.6 is 11.8 Å². The number of nitrogens with zero attached hydrogens (tertiary/aromatic N) is 1. The molecule has 4 unspecified atom stereocenters. The third-order valence-electron chi connectivity index (χ3n) is 4.44. The number of rotatable bonds is 2. The molecule has 1 heterocycles. The van der Waals surface area contributed by atoms with Crippen LogP contribution in [0.15, 0.2) is 0 Å². The number of hydrogen-bond acceptors (Lipinski definition) is 3. The second kappa shape index (κ2) is 5.74. The molecule has 16 heavy (non-hydrogen) atoms. The van der Waals surface area contributed by atoms with Gasteiger partial charge in [0.1, 0.15) is 0 Å². The zero-order valence-corrected chi connectivity index (χ0v) is 11.5. The lowest BCUT2D eigenvalue weighted by Crippen LogP contribution is -2.53. The second-order valence-corrected chi connectivity index (χ2v) is 6.63. The topological polar surface area (TPSA) is 29.3 Å². The van der Waals surface area contributed by atoms with Gasteiger partial charge in [0.15, 0.2) is 0 Å². The fourth-order valence-corrected chi connectivity index (χ4v) is 4.29. The Balaban J connectivity index is 1.95. The van der Waals surface area contributed by atoms with Gasteiger partial charge in [-0.05, 0) is 38.0 Å². The summed E-state index contributed by atoms with van der Waals surface area (Å²) in [4.78, 5) is 2.73. The van der Waals surface area contributed by atoms with Gasteiger partial charge in [-0.2, -0.15) is 11.8 Å². The van der Waals surface area contributed by atoms with Crippen molar-refractivity contribution in [3.63, 3.8) is 0 Å². The van der Waals surface area contributed by atoms with E-state index < -0.39 is 0 Å². The minimum atomic E-state index is 0.438. The molecule has 1 aliphatic heterocycles. The SMILES string of the molecule is CSC1CCCCC1N1CCC(N)C(C)C1. The first-order valence-electron chi connectivity index (χ1n) is 6.74. The molecule has 2 rings (SSSR count). The van der Waals surface area contributed by atoms with E-state index in [-0.39, 0.29) is 0 Å². The number of piperidine rings is 1. The third kappa shape index (κ3) is 2.74. The monoisotopic (exact) mass is 242 g/mol. The second-order valence-electron chi connectivity index (χ2n) is 5.55. The molecule has 0 aromatic carbocycles. The van der Waals surface area contributed by atoms with Crippen molar-refractivity contribution in [2.24, 2.45) is 11.7 Å². The molecule has 0 amide bonds. The molecular weight excluding hydrogens is 216 g/mol. The Morgan fingerprint density at radius 2 is 1.94 bits per heavy atom. The van der Waals surface area contributed by atoms with Gasteiger partial charge in [-0.15, -0.1) is 0 Å². The van der Waals surface area contributed by atoms with Gasteiger partial charge in [0.2, 0.25) is 0 Å². The molecular formula is C13H26N2S. The van der Waals surface area contributed by atoms with E-state index in [0.717, 1.165) is 11.3 Å². The standard InChI is InChI=1S/C13H26N2S/c1-10-9-15(8-7-11(10)14)12-5-3-4-6-13(12)16-2/h10-13H,3-9,14H2,1-2H3. The van der Waals surface area contributed by atoms with E-state index in [1.54, 1.807) is 0 Å². The van der Waals surface area contributed by atoms with E-state index in [1.807, 2.05) is 0 Å². The molecule has 2 N–H and O–H groups in total. The Bertz CT molecular complexity index is 222. The van der Waals surface area contributed by atoms with Crippen LogP contribution in [0.1, 0.15) is 39.0 Å². The Labute approximate surface area is 104 Å². The van der Waals surface area contributed by atoms with Crippen molar-refractivity contribution in [2.45, 2.75) is 56.4 Å². The Hall–Kier alpha value is 0.270. The van der Waals surface area contributed by atoms with Crippen LogP contribution in [0.3, 0.4) is 0 Å². The highest BCUT2D eigenvalue weighted by molar-refractivity contribution is 7.99. The van der Waals surface area contributed by atoms with Crippen LogP contribution in [0.4, 0.5) is 0 Å². The summed E-state index contributed by atoms with van der Waals surface area (Å²) in [7, 11) is 0. The van der Waals surface area contributed by atoms with Gasteiger partial charge in [0, 0.05) is 23.9 Å². The van der Waals surface area contributed by atoms with Crippen LogP contribution in [0, 0.1) is 5.92 Å². The van der Waals surface area contributed by atoms with Crippen molar-refractivity contribution in [3.8, 4) is 0 Å². The highest BCUT2D eigenvalue weighted by Gasteiger charge is 2.33. The average molecular weight is 242 g/mol. The number of thioether (sulfide) groups is 1. The predicted molar refractivity (Wildman–Crippen MR) is 72.9 cm³/mol. The van der Waals surface area contributed by atoms with Crippen LogP contribution in [0.25, 0.3) is 0 Å². The predicted octanol–water partition coefficient (Wildman–Crippen LogP) is 2.33. The summed E-state index contributed by atoms with van der Waals surface area (Å²) in [6.45, 7) is 4.77. The van der Waals surface area contributed by atoms with Crippen LogP contribution in [-0.4, -0.2) is 41.6 Å². The van der Waals surface area contributed by atoms with Gasteiger partial charge < -0.3 is 5.73 Å². The Morgan fingerprint density at radius 3 is 2.62 bits per heavy atom. The molecule has 0 bridgehead atoms. The van der Waals surface area contributed by atoms with Crippen LogP contribution < -0.4 is 5.73 Å². The van der Waals surface area contributed by atoms with Crippen molar-refractivity contribution in [2.75, 3.05) is 19.3 Å². The summed E-state index contributed by atoms with van der Waals surface area (Å²) in [6.07, 6.45) is 9.17. The van der Waals surface area contributed by atoms with Crippen molar-refractivity contribution < 1.29 is 0 Å². The minimum absolute atomic E-state index is 0.438. The first-order valence-corrected chi connectivity index (χ1v) is 8.03. The zero-order valence-electron chi connectivity index (χ0n) is 10.7. The van der Waals surface area contributed by atoms with Crippen molar-refractivity contribution in [3.05, 3.63) is 0 Å². The summed E-state index contributed by atoms with van der Waals surface area (Å²) in [5, 5.41) is 0.871. The summed E-state index contributed by atoms with van der Waals surface area (Å²) in [5.74, 6) is 0.679. The molecule has 1 saturated carbocycles. The largest absolute Gasteiger partial charge is 0.327 e. The molecule has 0 spiro atoms. The molecule has 1 aliphatic carbocycles. The molecule has 4 atom stereocenters. The first-order chi connectivity index (χ1) is 7.72. The maximum absolute atomic E-state index is 6.11. The van der Waals surface area contributed by atoms with Crippen molar-refractivity contribution in [1.29, 1.82) is 0 Å². The highest BCUT2D eigenvalue weighted by atomic mass is 32.2. The lowest BCUT2D eigenvalue weighted by Gasteiger charge is -2.44. The Morgan fingerprint density at radius 1 is 1.19 bits per heavy atom. The Kier molecular flexibility index (Phi) is 4.57. The lowest BCUT2D eigenvalue weighted by atomic mass is 9.88. The summed E-state index contributed by atoms with van der Waals surface area (Å²) >= 11 is 2.08. The quantitative estimate of drug-likeness (QED) is 0.806. The molecule has 2 nitrogen and oxygen atoms in total. The van der Waals surface area contributed by atoms with Gasteiger partial charge in [0.05, 0.1) is 0 Å². The van der Waals surface area contributed by atoms with E-state index in [9.17, 15) is 0 Å². The maximum Gasteiger partial charge on any atom is 0.0214 e. The first kappa shape index (κ1) is 12.7. The van der Waals surface area contributed by atoms with Gasteiger partial charge in [0.25, 0.3) is 0 Å². The van der Waals surface area contributed by atoms with Gasteiger partial charge in [-0.25, -0.2) is 0 Å². The van der Waals surface area contributed by atoms with Crippen LogP contribution in [-0.2, 0) is 0 Å². The normalized spacial score (nSPS) is 42.2. The molecule has 0 aromatic rings. The summed E-state index contributed by atoms with van der Waals surface area (Å²) < 4.78 is 0. The molecule has 1 saturated heterocycles. The van der Waals surface area contributed by atoms with Gasteiger partial charge >= 0.3 is 0 Å². The molecule has 3 heteroatoms. The summed E-state index contributed by atoms with van der Waals surface area (Å²) in [5.41, 5.74) is 6.11. The molecule has 94 valence electrons. The minimum Gasteiger partial charge on any atom is -0.327 e. The van der Waals surface area contributed by atoms with Gasteiger partial charge in [-0.3, -0.25) is 4.90 Å². The van der Waals surface area contributed by atoms with E-state index >= 15 is 0 Å². The molecule has 0 radical (unpaired) electrons. The van der Waals surface area contributed by atoms with Gasteiger partial charge in [-0.1, -0.05) is 19.8 Å². The third-order valence-corrected chi connectivity index (χ3v) is 5.60.